The molecule has 0 aliphatic heterocycles. The van der Waals surface area contributed by atoms with Crippen LogP contribution in [-0.2, 0) is 13.2 Å². The number of hydrogen-bond donors (Lipinski definition) is 2. The molecule has 0 spiro atoms. The van der Waals surface area contributed by atoms with Crippen LogP contribution in [0.3, 0.4) is 0 Å². The Morgan fingerprint density at radius 2 is 2.00 bits per heavy atom. The minimum atomic E-state index is 0.0181. The molecular formula is C9H13NO2. The summed E-state index contributed by atoms with van der Waals surface area (Å²) in [4.78, 5) is 0. The smallest absolute Gasteiger partial charge is 0.119 e. The highest BCUT2D eigenvalue weighted by atomic mass is 16.5. The number of nitrogens with two attached hydrogens (primary N) is 1. The molecule has 0 unspecified atom stereocenters. The lowest BCUT2D eigenvalue weighted by Gasteiger charge is -2.05. The van der Waals surface area contributed by atoms with Crippen LogP contribution in [0.1, 0.15) is 11.1 Å². The molecule has 0 aromatic heterocycles. The molecule has 3 heteroatoms. The second-order valence-corrected chi connectivity index (χ2v) is 2.55. The molecular weight excluding hydrogens is 154 g/mol. The minimum absolute atomic E-state index is 0.0181. The van der Waals surface area contributed by atoms with Gasteiger partial charge in [0.1, 0.15) is 5.75 Å². The molecule has 1 aromatic rings. The lowest BCUT2D eigenvalue weighted by atomic mass is 10.1. The first-order valence-corrected chi connectivity index (χ1v) is 3.78. The van der Waals surface area contributed by atoms with Gasteiger partial charge in [0, 0.05) is 6.54 Å². The summed E-state index contributed by atoms with van der Waals surface area (Å²) in [5.41, 5.74) is 7.26. The van der Waals surface area contributed by atoms with E-state index in [4.69, 9.17) is 15.6 Å². The van der Waals surface area contributed by atoms with E-state index in [0.717, 1.165) is 16.9 Å². The van der Waals surface area contributed by atoms with Crippen molar-refractivity contribution < 1.29 is 9.84 Å². The Morgan fingerprint density at radius 1 is 1.33 bits per heavy atom. The number of ether oxygens (including phenoxy) is 1. The summed E-state index contributed by atoms with van der Waals surface area (Å²) < 4.78 is 5.03. The molecule has 0 aliphatic rings. The molecule has 12 heavy (non-hydrogen) atoms. The van der Waals surface area contributed by atoms with Gasteiger partial charge in [0.25, 0.3) is 0 Å². The predicted molar refractivity (Wildman–Crippen MR) is 46.8 cm³/mol. The fourth-order valence-electron chi connectivity index (χ4n) is 1.06. The number of aliphatic hydroxyl groups excluding tert-OH is 1. The Bertz CT molecular complexity index is 205. The van der Waals surface area contributed by atoms with E-state index in [2.05, 4.69) is 0 Å². The van der Waals surface area contributed by atoms with Crippen LogP contribution in [0.5, 0.6) is 5.75 Å². The number of aliphatic hydroxyl groups is 1. The summed E-state index contributed by atoms with van der Waals surface area (Å²) in [6, 6.07) is 5.51. The van der Waals surface area contributed by atoms with Crippen molar-refractivity contribution in [1.29, 1.82) is 0 Å². The fraction of sp³-hybridized carbons (Fsp3) is 0.333. The molecule has 0 aliphatic carbocycles. The van der Waals surface area contributed by atoms with E-state index in [1.54, 1.807) is 13.2 Å². The Balaban J connectivity index is 3.01. The summed E-state index contributed by atoms with van der Waals surface area (Å²) in [7, 11) is 1.59. The molecule has 0 atom stereocenters. The van der Waals surface area contributed by atoms with Crippen molar-refractivity contribution in [2.24, 2.45) is 5.73 Å². The molecule has 0 saturated carbocycles. The van der Waals surface area contributed by atoms with Crippen molar-refractivity contribution in [3.8, 4) is 5.75 Å². The van der Waals surface area contributed by atoms with Crippen molar-refractivity contribution in [3.05, 3.63) is 29.3 Å². The summed E-state index contributed by atoms with van der Waals surface area (Å²) in [6.07, 6.45) is 0. The molecule has 1 rings (SSSR count). The second-order valence-electron chi connectivity index (χ2n) is 2.55. The number of benzene rings is 1. The van der Waals surface area contributed by atoms with Gasteiger partial charge in [-0.3, -0.25) is 0 Å². The predicted octanol–water partition coefficient (Wildman–Crippen LogP) is 0.646. The second kappa shape index (κ2) is 4.09. The van der Waals surface area contributed by atoms with E-state index >= 15 is 0 Å². The topological polar surface area (TPSA) is 55.5 Å². The van der Waals surface area contributed by atoms with Gasteiger partial charge >= 0.3 is 0 Å². The van der Waals surface area contributed by atoms with Crippen molar-refractivity contribution in [2.45, 2.75) is 13.2 Å². The SMILES string of the molecule is COc1cc(CN)cc(CO)c1. The van der Waals surface area contributed by atoms with Gasteiger partial charge < -0.3 is 15.6 Å². The Labute approximate surface area is 71.8 Å². The summed E-state index contributed by atoms with van der Waals surface area (Å²) >= 11 is 0. The van der Waals surface area contributed by atoms with Gasteiger partial charge in [-0.2, -0.15) is 0 Å². The normalized spacial score (nSPS) is 9.92. The Morgan fingerprint density at radius 3 is 2.50 bits per heavy atom. The van der Waals surface area contributed by atoms with Crippen molar-refractivity contribution >= 4 is 0 Å². The summed E-state index contributed by atoms with van der Waals surface area (Å²) in [5.74, 6) is 0.738. The standard InChI is InChI=1S/C9H13NO2/c1-12-9-3-7(5-10)2-8(4-9)6-11/h2-4,11H,5-6,10H2,1H3. The zero-order valence-electron chi connectivity index (χ0n) is 7.08. The first kappa shape index (κ1) is 9.03. The Kier molecular flexibility index (Phi) is 3.08. The third-order valence-electron chi connectivity index (χ3n) is 1.68. The van der Waals surface area contributed by atoms with Gasteiger partial charge in [-0.15, -0.1) is 0 Å². The van der Waals surface area contributed by atoms with E-state index in [9.17, 15) is 0 Å². The molecule has 0 radical (unpaired) electrons. The highest BCUT2D eigenvalue weighted by molar-refractivity contribution is 5.34. The van der Waals surface area contributed by atoms with Crippen LogP contribution in [0.2, 0.25) is 0 Å². The van der Waals surface area contributed by atoms with Gasteiger partial charge in [0.15, 0.2) is 0 Å². The monoisotopic (exact) mass is 167 g/mol. The first-order valence-electron chi connectivity index (χ1n) is 3.78. The van der Waals surface area contributed by atoms with Crippen LogP contribution in [0.4, 0.5) is 0 Å². The van der Waals surface area contributed by atoms with Gasteiger partial charge in [0.2, 0.25) is 0 Å². The van der Waals surface area contributed by atoms with E-state index in [0.29, 0.717) is 6.54 Å². The number of hydrogen-bond acceptors (Lipinski definition) is 3. The van der Waals surface area contributed by atoms with Gasteiger partial charge in [-0.1, -0.05) is 6.07 Å². The molecule has 0 bridgehead atoms. The maximum atomic E-state index is 8.88. The first-order chi connectivity index (χ1) is 5.80. The van der Waals surface area contributed by atoms with Gasteiger partial charge in [-0.05, 0) is 23.3 Å². The van der Waals surface area contributed by atoms with Crippen LogP contribution >= 0.6 is 0 Å². The highest BCUT2D eigenvalue weighted by Gasteiger charge is 1.98. The van der Waals surface area contributed by atoms with Crippen LogP contribution in [0.25, 0.3) is 0 Å². The van der Waals surface area contributed by atoms with Crippen LogP contribution < -0.4 is 10.5 Å². The average Bonchev–Trinajstić information content (AvgIpc) is 2.16. The van der Waals surface area contributed by atoms with E-state index in [-0.39, 0.29) is 6.61 Å². The van der Waals surface area contributed by atoms with Crippen molar-refractivity contribution in [1.82, 2.24) is 0 Å². The van der Waals surface area contributed by atoms with E-state index < -0.39 is 0 Å². The van der Waals surface area contributed by atoms with Crippen molar-refractivity contribution in [3.63, 3.8) is 0 Å². The molecule has 0 heterocycles. The van der Waals surface area contributed by atoms with Crippen LogP contribution in [0.15, 0.2) is 18.2 Å². The van der Waals surface area contributed by atoms with Crippen LogP contribution in [0, 0.1) is 0 Å². The van der Waals surface area contributed by atoms with Crippen LogP contribution in [-0.4, -0.2) is 12.2 Å². The van der Waals surface area contributed by atoms with E-state index in [1.807, 2.05) is 12.1 Å². The third-order valence-corrected chi connectivity index (χ3v) is 1.68. The molecule has 0 saturated heterocycles. The molecule has 3 nitrogen and oxygen atoms in total. The summed E-state index contributed by atoms with van der Waals surface area (Å²) in [6.45, 7) is 0.481. The lowest BCUT2D eigenvalue weighted by molar-refractivity contribution is 0.281. The molecule has 0 amide bonds. The number of rotatable bonds is 3. The van der Waals surface area contributed by atoms with E-state index in [1.165, 1.54) is 0 Å². The lowest BCUT2D eigenvalue weighted by Crippen LogP contribution is -1.98. The molecule has 0 fully saturated rings. The molecule has 3 N–H and O–H groups in total. The number of methoxy groups -OCH3 is 1. The highest BCUT2D eigenvalue weighted by Crippen LogP contribution is 2.16. The zero-order chi connectivity index (χ0) is 8.97. The average molecular weight is 167 g/mol. The molecule has 1 aromatic carbocycles. The third kappa shape index (κ3) is 1.96. The maximum absolute atomic E-state index is 8.88. The minimum Gasteiger partial charge on any atom is -0.497 e. The van der Waals surface area contributed by atoms with Crippen molar-refractivity contribution in [2.75, 3.05) is 7.11 Å². The van der Waals surface area contributed by atoms with Gasteiger partial charge in [0.05, 0.1) is 13.7 Å². The maximum Gasteiger partial charge on any atom is 0.119 e. The van der Waals surface area contributed by atoms with Gasteiger partial charge in [-0.25, -0.2) is 0 Å². The Hall–Kier alpha value is -1.06. The largest absolute Gasteiger partial charge is 0.497 e. The quantitative estimate of drug-likeness (QED) is 0.694. The molecule has 66 valence electrons. The summed E-state index contributed by atoms with van der Waals surface area (Å²) in [5, 5.41) is 8.88. The zero-order valence-corrected chi connectivity index (χ0v) is 7.08. The fourth-order valence-corrected chi connectivity index (χ4v) is 1.06.